The molecule has 0 atom stereocenters. The van der Waals surface area contributed by atoms with Crippen LogP contribution in [0, 0.1) is 0 Å². The predicted molar refractivity (Wildman–Crippen MR) is 98.3 cm³/mol. The first-order valence-electron chi connectivity index (χ1n) is 7.01. The van der Waals surface area contributed by atoms with E-state index in [9.17, 15) is 14.4 Å². The van der Waals surface area contributed by atoms with E-state index in [1.165, 1.54) is 36.5 Å². The van der Waals surface area contributed by atoms with Gasteiger partial charge in [0.1, 0.15) is 0 Å². The van der Waals surface area contributed by atoms with E-state index >= 15 is 0 Å². The van der Waals surface area contributed by atoms with Crippen LogP contribution in [0.3, 0.4) is 0 Å². The van der Waals surface area contributed by atoms with Crippen LogP contribution in [0.25, 0.3) is 0 Å². The summed E-state index contributed by atoms with van der Waals surface area (Å²) in [4.78, 5) is 40.1. The van der Waals surface area contributed by atoms with Crippen LogP contribution < -0.4 is 4.90 Å². The number of aromatic carboxylic acids is 1. The number of methoxy groups -OCH3 is 1. The average molecular weight is 415 g/mol. The lowest BCUT2D eigenvalue weighted by molar-refractivity contribution is -0.115. The summed E-state index contributed by atoms with van der Waals surface area (Å²) in [5.74, 6) is -1.82. The van der Waals surface area contributed by atoms with Crippen LogP contribution in [0.5, 0.6) is 0 Å². The summed E-state index contributed by atoms with van der Waals surface area (Å²) in [5.41, 5.74) is 0.208. The molecular weight excluding hydrogens is 403 g/mol. The smallest absolute Gasteiger partial charge is 0.420 e. The molecule has 7 nitrogen and oxygen atoms in total. The zero-order chi connectivity index (χ0) is 19.3. The molecule has 0 fully saturated rings. The van der Waals surface area contributed by atoms with Gasteiger partial charge in [-0.1, -0.05) is 35.0 Å². The topological polar surface area (TPSA) is 96.8 Å². The minimum Gasteiger partial charge on any atom is -0.478 e. The van der Waals surface area contributed by atoms with Gasteiger partial charge in [-0.3, -0.25) is 4.79 Å². The van der Waals surface area contributed by atoms with E-state index in [4.69, 9.17) is 28.3 Å². The van der Waals surface area contributed by atoms with Crippen molar-refractivity contribution in [1.82, 2.24) is 4.98 Å². The first kappa shape index (κ1) is 20.0. The normalized spacial score (nSPS) is 10.3. The Hall–Kier alpha value is -2.29. The van der Waals surface area contributed by atoms with E-state index in [1.54, 1.807) is 0 Å². The number of anilines is 1. The molecule has 0 radical (unpaired) electrons. The summed E-state index contributed by atoms with van der Waals surface area (Å²) in [6, 6.07) is 7.13. The molecule has 2 rings (SSSR count). The maximum absolute atomic E-state index is 12.5. The second kappa shape index (κ2) is 8.88. The van der Waals surface area contributed by atoms with Gasteiger partial charge in [0.25, 0.3) is 0 Å². The van der Waals surface area contributed by atoms with Crippen molar-refractivity contribution < 1.29 is 24.2 Å². The second-order valence-corrected chi connectivity index (χ2v) is 6.67. The van der Waals surface area contributed by atoms with Gasteiger partial charge in [-0.15, -0.1) is 0 Å². The quantitative estimate of drug-likeness (QED) is 0.738. The van der Waals surface area contributed by atoms with E-state index in [0.29, 0.717) is 5.03 Å². The summed E-state index contributed by atoms with van der Waals surface area (Å²) in [7, 11) is 1.15. The first-order chi connectivity index (χ1) is 12.3. The first-order valence-corrected chi connectivity index (χ1v) is 8.75. The highest BCUT2D eigenvalue weighted by Crippen LogP contribution is 2.27. The number of halogens is 2. The third kappa shape index (κ3) is 5.10. The Labute approximate surface area is 162 Å². The molecule has 2 amide bonds. The number of hydrogen-bond acceptors (Lipinski definition) is 6. The van der Waals surface area contributed by atoms with Crippen molar-refractivity contribution in [3.8, 4) is 0 Å². The minimum absolute atomic E-state index is 0.0328. The highest BCUT2D eigenvalue weighted by molar-refractivity contribution is 7.99. The van der Waals surface area contributed by atoms with Gasteiger partial charge in [0, 0.05) is 16.2 Å². The molecule has 1 aromatic carbocycles. The van der Waals surface area contributed by atoms with E-state index in [-0.39, 0.29) is 27.0 Å². The number of rotatable bonds is 5. The number of carboxylic acids is 1. The van der Waals surface area contributed by atoms with Crippen LogP contribution in [0.2, 0.25) is 10.0 Å². The molecular formula is C16H12Cl2N2O5S. The summed E-state index contributed by atoms with van der Waals surface area (Å²) >= 11 is 12.9. The van der Waals surface area contributed by atoms with Crippen molar-refractivity contribution in [2.24, 2.45) is 0 Å². The Bertz CT molecular complexity index is 825. The highest BCUT2D eigenvalue weighted by Gasteiger charge is 2.25. The Morgan fingerprint density at radius 2 is 1.85 bits per heavy atom. The third-order valence-corrected chi connectivity index (χ3v) is 4.40. The van der Waals surface area contributed by atoms with Gasteiger partial charge < -0.3 is 9.84 Å². The van der Waals surface area contributed by atoms with Crippen LogP contribution in [0.4, 0.5) is 10.5 Å². The molecule has 0 aliphatic carbocycles. The van der Waals surface area contributed by atoms with Crippen molar-refractivity contribution in [2.45, 2.75) is 5.03 Å². The van der Waals surface area contributed by atoms with Gasteiger partial charge in [-0.2, -0.15) is 0 Å². The van der Waals surface area contributed by atoms with Crippen LogP contribution in [0.1, 0.15) is 10.4 Å². The minimum atomic E-state index is -1.10. The number of thioether (sulfide) groups is 1. The van der Waals surface area contributed by atoms with Gasteiger partial charge in [0.15, 0.2) is 0 Å². The molecule has 0 saturated heterocycles. The number of aromatic nitrogens is 1. The number of imide groups is 1. The number of benzene rings is 1. The van der Waals surface area contributed by atoms with E-state index in [2.05, 4.69) is 9.72 Å². The van der Waals surface area contributed by atoms with Crippen LogP contribution in [0.15, 0.2) is 41.6 Å². The lowest BCUT2D eigenvalue weighted by Gasteiger charge is -2.19. The summed E-state index contributed by atoms with van der Waals surface area (Å²) in [5, 5.41) is 9.79. The van der Waals surface area contributed by atoms with Crippen molar-refractivity contribution in [2.75, 3.05) is 17.8 Å². The van der Waals surface area contributed by atoms with Crippen LogP contribution in [-0.4, -0.2) is 40.9 Å². The summed E-state index contributed by atoms with van der Waals surface area (Å²) in [6.45, 7) is 0. The average Bonchev–Trinajstić information content (AvgIpc) is 2.59. The molecule has 0 saturated carbocycles. The molecule has 1 heterocycles. The fourth-order valence-corrected chi connectivity index (χ4v) is 3.11. The van der Waals surface area contributed by atoms with Crippen molar-refractivity contribution >= 4 is 58.6 Å². The van der Waals surface area contributed by atoms with E-state index in [0.717, 1.165) is 23.8 Å². The Morgan fingerprint density at radius 1 is 1.19 bits per heavy atom. The number of nitrogens with zero attached hydrogens (tertiary/aromatic N) is 2. The fraction of sp³-hybridized carbons (Fsp3) is 0.125. The number of ether oxygens (including phenoxy) is 1. The molecule has 0 unspecified atom stereocenters. The monoisotopic (exact) mass is 414 g/mol. The third-order valence-electron chi connectivity index (χ3n) is 3.04. The highest BCUT2D eigenvalue weighted by atomic mass is 35.5. The number of pyridine rings is 1. The molecule has 1 aromatic heterocycles. The molecule has 0 spiro atoms. The molecule has 0 bridgehead atoms. The second-order valence-electron chi connectivity index (χ2n) is 4.81. The predicted octanol–water partition coefficient (Wildman–Crippen LogP) is 3.98. The van der Waals surface area contributed by atoms with Gasteiger partial charge in [0.05, 0.1) is 29.1 Å². The molecule has 10 heteroatoms. The number of hydrogen-bond donors (Lipinski definition) is 1. The number of carbonyl (C=O) groups excluding carboxylic acids is 2. The van der Waals surface area contributed by atoms with Crippen molar-refractivity contribution in [1.29, 1.82) is 0 Å². The number of amides is 2. The Balaban J connectivity index is 2.16. The zero-order valence-corrected chi connectivity index (χ0v) is 15.6. The summed E-state index contributed by atoms with van der Waals surface area (Å²) in [6.07, 6.45) is 0.298. The maximum Gasteiger partial charge on any atom is 0.420 e. The molecule has 26 heavy (non-hydrogen) atoms. The zero-order valence-electron chi connectivity index (χ0n) is 13.3. The SMILES string of the molecule is COC(=O)N(C(=O)CSc1ccc(C(=O)O)cn1)c1cc(Cl)cc(Cl)c1. The van der Waals surface area contributed by atoms with Gasteiger partial charge >= 0.3 is 12.1 Å². The number of carboxylic acid groups (broad SMARTS) is 1. The molecule has 0 aliphatic heterocycles. The molecule has 1 N–H and O–H groups in total. The lowest BCUT2D eigenvalue weighted by atomic mass is 10.3. The van der Waals surface area contributed by atoms with Crippen LogP contribution in [-0.2, 0) is 9.53 Å². The Kier molecular flexibility index (Phi) is 6.84. The molecule has 2 aromatic rings. The Morgan fingerprint density at radius 3 is 2.35 bits per heavy atom. The van der Waals surface area contributed by atoms with Gasteiger partial charge in [-0.05, 0) is 30.3 Å². The lowest BCUT2D eigenvalue weighted by Crippen LogP contribution is -2.38. The molecule has 0 aliphatic rings. The van der Waals surface area contributed by atoms with E-state index in [1.807, 2.05) is 0 Å². The largest absolute Gasteiger partial charge is 0.478 e. The van der Waals surface area contributed by atoms with E-state index < -0.39 is 18.0 Å². The fourth-order valence-electron chi connectivity index (χ4n) is 1.90. The molecule has 136 valence electrons. The van der Waals surface area contributed by atoms with Crippen molar-refractivity contribution in [3.63, 3.8) is 0 Å². The van der Waals surface area contributed by atoms with Gasteiger partial charge in [-0.25, -0.2) is 19.5 Å². The van der Waals surface area contributed by atoms with Crippen molar-refractivity contribution in [3.05, 3.63) is 52.1 Å². The maximum atomic E-state index is 12.5. The standard InChI is InChI=1S/C16H12Cl2N2O5S/c1-25-16(24)20(12-5-10(17)4-11(18)6-12)14(21)8-26-13-3-2-9(7-19-13)15(22)23/h2-7H,8H2,1H3,(H,22,23). The van der Waals surface area contributed by atoms with Crippen LogP contribution >= 0.6 is 35.0 Å². The number of carbonyl (C=O) groups is 3. The summed E-state index contributed by atoms with van der Waals surface area (Å²) < 4.78 is 4.65. The van der Waals surface area contributed by atoms with Gasteiger partial charge in [0.2, 0.25) is 5.91 Å².